The molecule has 0 bridgehead atoms. The molecule has 0 saturated carbocycles. The Morgan fingerprint density at radius 2 is 2.12 bits per heavy atom. The molecule has 0 unspecified atom stereocenters. The minimum Gasteiger partial charge on any atom is -0.337 e. The zero-order valence-electron chi connectivity index (χ0n) is 14.0. The number of amides is 2. The van der Waals surface area contributed by atoms with Gasteiger partial charge < -0.3 is 10.2 Å². The third-order valence-electron chi connectivity index (χ3n) is 4.62. The van der Waals surface area contributed by atoms with E-state index in [4.69, 9.17) is 0 Å². The van der Waals surface area contributed by atoms with E-state index in [2.05, 4.69) is 15.4 Å². The quantitative estimate of drug-likeness (QED) is 0.923. The van der Waals surface area contributed by atoms with E-state index < -0.39 is 11.6 Å². The summed E-state index contributed by atoms with van der Waals surface area (Å²) < 4.78 is 28.6. The molecule has 0 aliphatic carbocycles. The molecule has 3 rings (SSSR count). The fourth-order valence-corrected chi connectivity index (χ4v) is 3.10. The zero-order valence-corrected chi connectivity index (χ0v) is 14.0. The van der Waals surface area contributed by atoms with Crippen molar-refractivity contribution in [3.05, 3.63) is 48.1 Å². The van der Waals surface area contributed by atoms with Crippen molar-refractivity contribution in [2.75, 3.05) is 19.6 Å². The van der Waals surface area contributed by atoms with E-state index in [-0.39, 0.29) is 18.0 Å². The van der Waals surface area contributed by atoms with Crippen LogP contribution < -0.4 is 5.32 Å². The predicted molar refractivity (Wildman–Crippen MR) is 88.0 cm³/mol. The molecule has 1 N–H and O–H groups in total. The Labute approximate surface area is 144 Å². The molecule has 1 aromatic heterocycles. The number of nitrogens with one attached hydrogen (secondary N) is 1. The van der Waals surface area contributed by atoms with Crippen LogP contribution >= 0.6 is 0 Å². The maximum atomic E-state index is 13.8. The summed E-state index contributed by atoms with van der Waals surface area (Å²) in [7, 11) is 0. The van der Waals surface area contributed by atoms with Gasteiger partial charge in [-0.1, -0.05) is 13.0 Å². The van der Waals surface area contributed by atoms with Crippen molar-refractivity contribution in [1.82, 2.24) is 25.0 Å². The van der Waals surface area contributed by atoms with Crippen LogP contribution in [0, 0.1) is 11.6 Å². The lowest BCUT2D eigenvalue weighted by molar-refractivity contribution is 0.168. The summed E-state index contributed by atoms with van der Waals surface area (Å²) in [5, 5.41) is 6.98. The van der Waals surface area contributed by atoms with Gasteiger partial charge in [-0.25, -0.2) is 23.2 Å². The Morgan fingerprint density at radius 1 is 1.36 bits per heavy atom. The van der Waals surface area contributed by atoms with E-state index >= 15 is 0 Å². The topological polar surface area (TPSA) is 63.1 Å². The number of hydrogen-bond donors (Lipinski definition) is 1. The molecule has 25 heavy (non-hydrogen) atoms. The largest absolute Gasteiger partial charge is 0.337 e. The molecular formula is C17H21F2N5O. The van der Waals surface area contributed by atoms with Crippen molar-refractivity contribution >= 4 is 6.03 Å². The number of rotatable bonds is 4. The molecule has 1 aliphatic rings. The van der Waals surface area contributed by atoms with Gasteiger partial charge in [0.05, 0.1) is 6.04 Å². The smallest absolute Gasteiger partial charge is 0.317 e. The summed E-state index contributed by atoms with van der Waals surface area (Å²) in [6, 6.07) is 3.62. The molecule has 1 atom stereocenters. The van der Waals surface area contributed by atoms with Crippen LogP contribution in [0.4, 0.5) is 13.6 Å². The Bertz CT molecular complexity index is 714. The molecule has 1 aliphatic heterocycles. The molecule has 2 amide bonds. The van der Waals surface area contributed by atoms with Crippen LogP contribution in [0.1, 0.15) is 37.3 Å². The zero-order chi connectivity index (χ0) is 17.8. The summed E-state index contributed by atoms with van der Waals surface area (Å²) in [4.78, 5) is 18.0. The summed E-state index contributed by atoms with van der Waals surface area (Å²) in [6.45, 7) is 3.36. The molecule has 1 fully saturated rings. The Kier molecular flexibility index (Phi) is 5.25. The van der Waals surface area contributed by atoms with Crippen LogP contribution in [0.3, 0.4) is 0 Å². The van der Waals surface area contributed by atoms with Crippen LogP contribution in [0.15, 0.2) is 30.9 Å². The molecule has 1 saturated heterocycles. The molecule has 2 aromatic rings. The molecular weight excluding hydrogens is 328 g/mol. The van der Waals surface area contributed by atoms with E-state index in [0.717, 1.165) is 18.9 Å². The van der Waals surface area contributed by atoms with Crippen LogP contribution in [-0.2, 0) is 0 Å². The number of carbonyl (C=O) groups is 1. The maximum Gasteiger partial charge on any atom is 0.317 e. The number of nitrogens with zero attached hydrogens (tertiary/aromatic N) is 4. The van der Waals surface area contributed by atoms with Crippen LogP contribution in [-0.4, -0.2) is 45.3 Å². The average Bonchev–Trinajstić information content (AvgIpc) is 3.14. The lowest BCUT2D eigenvalue weighted by Crippen LogP contribution is -2.45. The first-order chi connectivity index (χ1) is 12.0. The van der Waals surface area contributed by atoms with Crippen LogP contribution in [0.2, 0.25) is 0 Å². The van der Waals surface area contributed by atoms with E-state index in [9.17, 15) is 13.6 Å². The Hall–Kier alpha value is -2.51. The molecule has 134 valence electrons. The predicted octanol–water partition coefficient (Wildman–Crippen LogP) is 2.71. The van der Waals surface area contributed by atoms with E-state index in [1.165, 1.54) is 18.5 Å². The van der Waals surface area contributed by atoms with Gasteiger partial charge in [-0.2, -0.15) is 5.10 Å². The second kappa shape index (κ2) is 7.58. The standard InChI is InChI=1S/C17H21F2N5O/c1-12(15-3-2-13(18)8-16(15)19)9-21-17(25)23-6-4-14(5-7-23)24-11-20-10-22-24/h2-3,8,10-12,14H,4-7,9H2,1H3,(H,21,25)/t12-/m1/s1. The molecule has 0 spiro atoms. The molecule has 8 heteroatoms. The fourth-order valence-electron chi connectivity index (χ4n) is 3.10. The Balaban J connectivity index is 1.48. The van der Waals surface area contributed by atoms with Gasteiger partial charge in [0.1, 0.15) is 24.3 Å². The highest BCUT2D eigenvalue weighted by molar-refractivity contribution is 5.74. The van der Waals surface area contributed by atoms with Crippen molar-refractivity contribution in [3.8, 4) is 0 Å². The molecule has 0 radical (unpaired) electrons. The minimum atomic E-state index is -0.604. The van der Waals surface area contributed by atoms with Gasteiger partial charge in [-0.3, -0.25) is 0 Å². The van der Waals surface area contributed by atoms with Gasteiger partial charge in [0.25, 0.3) is 0 Å². The van der Waals surface area contributed by atoms with E-state index in [1.807, 2.05) is 4.68 Å². The molecule has 2 heterocycles. The van der Waals surface area contributed by atoms with E-state index in [0.29, 0.717) is 25.2 Å². The van der Waals surface area contributed by atoms with Gasteiger partial charge in [0.2, 0.25) is 0 Å². The molecule has 6 nitrogen and oxygen atoms in total. The van der Waals surface area contributed by atoms with Crippen molar-refractivity contribution < 1.29 is 13.6 Å². The monoisotopic (exact) mass is 349 g/mol. The number of piperidine rings is 1. The number of hydrogen-bond acceptors (Lipinski definition) is 3. The van der Waals surface area contributed by atoms with Gasteiger partial charge in [0, 0.05) is 31.6 Å². The summed E-state index contributed by atoms with van der Waals surface area (Å²) in [6.07, 6.45) is 4.84. The summed E-state index contributed by atoms with van der Waals surface area (Å²) in [5.41, 5.74) is 0.395. The maximum absolute atomic E-state index is 13.8. The average molecular weight is 349 g/mol. The van der Waals surface area contributed by atoms with Gasteiger partial charge in [0.15, 0.2) is 0 Å². The van der Waals surface area contributed by atoms with E-state index in [1.54, 1.807) is 18.2 Å². The lowest BCUT2D eigenvalue weighted by Gasteiger charge is -2.32. The second-order valence-electron chi connectivity index (χ2n) is 6.35. The highest BCUT2D eigenvalue weighted by Crippen LogP contribution is 2.22. The van der Waals surface area contributed by atoms with Gasteiger partial charge >= 0.3 is 6.03 Å². The number of benzene rings is 1. The fraction of sp³-hybridized carbons (Fsp3) is 0.471. The first-order valence-corrected chi connectivity index (χ1v) is 8.36. The first kappa shape index (κ1) is 17.3. The third kappa shape index (κ3) is 4.12. The minimum absolute atomic E-state index is 0.161. The number of urea groups is 1. The van der Waals surface area contributed by atoms with Crippen LogP contribution in [0.25, 0.3) is 0 Å². The normalized spacial score (nSPS) is 16.7. The Morgan fingerprint density at radius 3 is 2.76 bits per heavy atom. The first-order valence-electron chi connectivity index (χ1n) is 8.36. The van der Waals surface area contributed by atoms with Gasteiger partial charge in [-0.05, 0) is 24.5 Å². The van der Waals surface area contributed by atoms with Crippen molar-refractivity contribution in [2.45, 2.75) is 31.7 Å². The third-order valence-corrected chi connectivity index (χ3v) is 4.62. The number of likely N-dealkylation sites (tertiary alicyclic amines) is 1. The number of halogens is 2. The lowest BCUT2D eigenvalue weighted by atomic mass is 10.0. The summed E-state index contributed by atoms with van der Waals surface area (Å²) in [5.74, 6) is -1.43. The van der Waals surface area contributed by atoms with Crippen molar-refractivity contribution in [2.24, 2.45) is 0 Å². The SMILES string of the molecule is C[C@H](CNC(=O)N1CCC(n2cncn2)CC1)c1ccc(F)cc1F. The number of aromatic nitrogens is 3. The van der Waals surface area contributed by atoms with Crippen molar-refractivity contribution in [3.63, 3.8) is 0 Å². The highest BCUT2D eigenvalue weighted by Gasteiger charge is 2.24. The van der Waals surface area contributed by atoms with Gasteiger partial charge in [-0.15, -0.1) is 0 Å². The highest BCUT2D eigenvalue weighted by atomic mass is 19.1. The van der Waals surface area contributed by atoms with Crippen molar-refractivity contribution in [1.29, 1.82) is 0 Å². The second-order valence-corrected chi connectivity index (χ2v) is 6.35. The van der Waals surface area contributed by atoms with Crippen LogP contribution in [0.5, 0.6) is 0 Å². The number of carbonyl (C=O) groups excluding carboxylic acids is 1. The summed E-state index contributed by atoms with van der Waals surface area (Å²) >= 11 is 0. The molecule has 1 aromatic carbocycles.